The minimum atomic E-state index is -0.125. The summed E-state index contributed by atoms with van der Waals surface area (Å²) in [5, 5.41) is 20.3. The van der Waals surface area contributed by atoms with Crippen molar-refractivity contribution in [3.8, 4) is 33.8 Å². The molecule has 3 heterocycles. The van der Waals surface area contributed by atoms with E-state index < -0.39 is 0 Å². The van der Waals surface area contributed by atoms with Gasteiger partial charge in [-0.25, -0.2) is 0 Å². The van der Waals surface area contributed by atoms with E-state index in [4.69, 9.17) is 10.2 Å². The third-order valence-corrected chi connectivity index (χ3v) is 7.70. The van der Waals surface area contributed by atoms with Gasteiger partial charge in [-0.2, -0.15) is 0 Å². The van der Waals surface area contributed by atoms with Crippen LogP contribution in [0.5, 0.6) is 0 Å². The minimum absolute atomic E-state index is 0. The standard InChI is InChI=1S/2C15H10N.C11H8N.2C5H8O2.3Ir/c1-2-7-13(8-3-1)15-14-9-5-4-6-12(14)10-11-16-15;1-2-6-12(7-3-1)15-11-10-13-8-4-5-9-14(13)16-15;1-2-6-10(7-3-1)11-8-4-5-9-12-11;2*1-4(6)3-5(2)7;;;/h1-7,9-11H;1-6,8-11H;1-6,8-9H;2*3,6H,1-2H3;;;/q3*-1;;;;;. The van der Waals surface area contributed by atoms with Crippen LogP contribution in [0.2, 0.25) is 0 Å². The smallest absolute Gasteiger partial charge is 0.155 e. The van der Waals surface area contributed by atoms with Gasteiger partial charge in [-0.3, -0.25) is 14.6 Å². The van der Waals surface area contributed by atoms with Crippen molar-refractivity contribution in [2.75, 3.05) is 0 Å². The molecule has 3 aromatic heterocycles. The van der Waals surface area contributed by atoms with E-state index in [1.807, 2.05) is 140 Å². The molecule has 317 valence electrons. The van der Waals surface area contributed by atoms with E-state index in [1.165, 1.54) is 56.0 Å². The molecule has 61 heavy (non-hydrogen) atoms. The van der Waals surface area contributed by atoms with Crippen LogP contribution < -0.4 is 0 Å². The molecule has 8 rings (SSSR count). The van der Waals surface area contributed by atoms with Gasteiger partial charge in [0.25, 0.3) is 0 Å². The van der Waals surface area contributed by atoms with Gasteiger partial charge in [-0.1, -0.05) is 66.7 Å². The maximum atomic E-state index is 10.0. The summed E-state index contributed by atoms with van der Waals surface area (Å²) in [6.45, 7) is 5.70. The second-order valence-corrected chi connectivity index (χ2v) is 12.6. The minimum Gasteiger partial charge on any atom is -0.512 e. The topological polar surface area (TPSA) is 113 Å². The molecule has 0 saturated carbocycles. The summed E-state index contributed by atoms with van der Waals surface area (Å²) in [7, 11) is 0. The predicted octanol–water partition coefficient (Wildman–Crippen LogP) is 12.0. The SMILES string of the molecule is CC(=O)C=C(C)O.CC(=O)C=C(C)O.[Ir].[Ir].[Ir].[c-]1ccccc1-c1ccc2ccccc2n1.[c-]1ccccc1-c1ccccn1.[c-]1ccccc1-c1nccc2ccccc12. The number of nitrogens with zero attached hydrogens (tertiary/aromatic N) is 3. The third-order valence-electron chi connectivity index (χ3n) is 7.70. The van der Waals surface area contributed by atoms with Crippen LogP contribution in [0.15, 0.2) is 194 Å². The molecule has 0 atom stereocenters. The summed E-state index contributed by atoms with van der Waals surface area (Å²) in [5.74, 6) is -0.125. The Labute approximate surface area is 398 Å². The maximum Gasteiger partial charge on any atom is 0.155 e. The van der Waals surface area contributed by atoms with Crippen LogP contribution in [-0.4, -0.2) is 36.7 Å². The van der Waals surface area contributed by atoms with Gasteiger partial charge in [0.1, 0.15) is 0 Å². The quantitative estimate of drug-likeness (QED) is 0.100. The Morgan fingerprint density at radius 2 is 0.967 bits per heavy atom. The zero-order chi connectivity index (χ0) is 41.5. The summed E-state index contributed by atoms with van der Waals surface area (Å²) in [4.78, 5) is 33.3. The van der Waals surface area contributed by atoms with Crippen molar-refractivity contribution in [1.82, 2.24) is 15.0 Å². The molecule has 0 saturated heterocycles. The Morgan fingerprint density at radius 1 is 0.475 bits per heavy atom. The number of pyridine rings is 3. The number of aromatic nitrogens is 3. The first-order valence-corrected chi connectivity index (χ1v) is 18.4. The van der Waals surface area contributed by atoms with E-state index in [2.05, 4.69) is 57.4 Å². The molecule has 0 spiro atoms. The van der Waals surface area contributed by atoms with Crippen molar-refractivity contribution in [2.45, 2.75) is 27.7 Å². The summed E-state index contributed by atoms with van der Waals surface area (Å²) in [5.41, 5.74) is 7.08. The number of carbonyl (C=O) groups is 2. The van der Waals surface area contributed by atoms with E-state index in [-0.39, 0.29) is 83.4 Å². The number of para-hydroxylation sites is 1. The van der Waals surface area contributed by atoms with Gasteiger partial charge in [0.15, 0.2) is 11.6 Å². The molecule has 0 fully saturated rings. The first kappa shape index (κ1) is 53.5. The Balaban J connectivity index is 0.000000393. The second-order valence-electron chi connectivity index (χ2n) is 12.6. The van der Waals surface area contributed by atoms with Crippen LogP contribution in [-0.2, 0) is 69.9 Å². The van der Waals surface area contributed by atoms with E-state index in [0.717, 1.165) is 39.3 Å². The zero-order valence-corrected chi connectivity index (χ0v) is 41.1. The number of aliphatic hydroxyl groups excluding tert-OH is 2. The van der Waals surface area contributed by atoms with Gasteiger partial charge in [-0.15, -0.1) is 108 Å². The maximum absolute atomic E-state index is 10.0. The van der Waals surface area contributed by atoms with Gasteiger partial charge in [0.05, 0.1) is 17.0 Å². The molecule has 0 bridgehead atoms. The normalized spacial score (nSPS) is 10.0. The van der Waals surface area contributed by atoms with Crippen molar-refractivity contribution >= 4 is 33.2 Å². The fourth-order valence-corrected chi connectivity index (χ4v) is 5.31. The van der Waals surface area contributed by atoms with Gasteiger partial charge in [0, 0.05) is 84.9 Å². The molecular formula is C51H44Ir3N3O4-3. The van der Waals surface area contributed by atoms with Crippen LogP contribution in [0.25, 0.3) is 55.4 Å². The van der Waals surface area contributed by atoms with Gasteiger partial charge >= 0.3 is 0 Å². The number of rotatable bonds is 5. The summed E-state index contributed by atoms with van der Waals surface area (Å²) < 4.78 is 0. The van der Waals surface area contributed by atoms with Crippen molar-refractivity contribution in [3.63, 3.8) is 0 Å². The van der Waals surface area contributed by atoms with Gasteiger partial charge < -0.3 is 20.2 Å². The average molecular weight is 1340 g/mol. The van der Waals surface area contributed by atoms with Crippen LogP contribution in [0, 0.1) is 18.2 Å². The largest absolute Gasteiger partial charge is 0.512 e. The monoisotopic (exact) mass is 1340 g/mol. The number of carbonyl (C=O) groups excluding carboxylic acids is 2. The fraction of sp³-hybridized carbons (Fsp3) is 0.0784. The number of hydrogen-bond acceptors (Lipinski definition) is 7. The Morgan fingerprint density at radius 3 is 1.46 bits per heavy atom. The number of fused-ring (bicyclic) bond motifs is 2. The van der Waals surface area contributed by atoms with E-state index in [1.54, 1.807) is 6.20 Å². The third kappa shape index (κ3) is 19.6. The molecule has 5 aromatic carbocycles. The molecule has 0 aliphatic carbocycles. The van der Waals surface area contributed by atoms with E-state index in [9.17, 15) is 9.59 Å². The number of ketones is 2. The predicted molar refractivity (Wildman–Crippen MR) is 235 cm³/mol. The molecule has 0 aliphatic rings. The number of aliphatic hydroxyl groups is 2. The van der Waals surface area contributed by atoms with Crippen molar-refractivity contribution in [3.05, 3.63) is 212 Å². The molecule has 0 unspecified atom stereocenters. The molecule has 7 nitrogen and oxygen atoms in total. The molecule has 0 amide bonds. The summed E-state index contributed by atoms with van der Waals surface area (Å²) in [6, 6.07) is 61.6. The zero-order valence-electron chi connectivity index (χ0n) is 33.9. The molecule has 8 aromatic rings. The van der Waals surface area contributed by atoms with Gasteiger partial charge in [0.2, 0.25) is 0 Å². The first-order valence-electron chi connectivity index (χ1n) is 18.4. The van der Waals surface area contributed by atoms with E-state index in [0.29, 0.717) is 0 Å². The molecular weight excluding hydrogens is 1300 g/mol. The number of hydrogen-bond donors (Lipinski definition) is 2. The van der Waals surface area contributed by atoms with Crippen molar-refractivity contribution in [2.24, 2.45) is 0 Å². The first-order chi connectivity index (χ1) is 28.1. The fourth-order valence-electron chi connectivity index (χ4n) is 5.31. The molecule has 3 radical (unpaired) electrons. The summed E-state index contributed by atoms with van der Waals surface area (Å²) >= 11 is 0. The van der Waals surface area contributed by atoms with Crippen LogP contribution in [0.1, 0.15) is 27.7 Å². The van der Waals surface area contributed by atoms with Crippen LogP contribution in [0.4, 0.5) is 0 Å². The van der Waals surface area contributed by atoms with Crippen LogP contribution in [0.3, 0.4) is 0 Å². The van der Waals surface area contributed by atoms with Gasteiger partial charge in [-0.05, 0) is 79.1 Å². The second kappa shape index (κ2) is 29.6. The molecule has 10 heteroatoms. The van der Waals surface area contributed by atoms with Crippen LogP contribution >= 0.6 is 0 Å². The molecule has 2 N–H and O–H groups in total. The number of allylic oxidation sites excluding steroid dienone is 4. The van der Waals surface area contributed by atoms with Crippen molar-refractivity contribution in [1.29, 1.82) is 0 Å². The Hall–Kier alpha value is -5.56. The molecule has 0 aliphatic heterocycles. The summed E-state index contributed by atoms with van der Waals surface area (Å²) in [6.07, 6.45) is 5.97. The average Bonchev–Trinajstić information content (AvgIpc) is 3.24. The number of benzene rings is 5. The van der Waals surface area contributed by atoms with E-state index >= 15 is 0 Å². The Kier molecular flexibility index (Phi) is 26.0. The Bertz CT molecular complexity index is 2470. The van der Waals surface area contributed by atoms with Crippen molar-refractivity contribution < 1.29 is 80.1 Å².